The third kappa shape index (κ3) is 4.53. The first kappa shape index (κ1) is 23.8. The van der Waals surface area contributed by atoms with Crippen LogP contribution >= 0.6 is 23.4 Å². The highest BCUT2D eigenvalue weighted by molar-refractivity contribution is 8.18. The topological polar surface area (TPSA) is 103 Å². The lowest BCUT2D eigenvalue weighted by Crippen LogP contribution is -2.33. The molecule has 1 fully saturated rings. The van der Waals surface area contributed by atoms with Crippen molar-refractivity contribution in [1.29, 1.82) is 0 Å². The predicted molar refractivity (Wildman–Crippen MR) is 120 cm³/mol. The number of carbonyl (C=O) groups excluding carboxylic acids is 2. The standard InChI is InChI=1S/C22H15ClF3N3O4S/c1-10-14-6-11(3-5-17(14)28-27-10)15(19-20(32)29(9-18(30)31)21(33)34-19)7-12-2-4-13(23)8-16(12)22(24,25)26/h2-6,8H,7,9H2,1H3,(H,27,28)(H,30,31)/b19-15-. The summed E-state index contributed by atoms with van der Waals surface area (Å²) >= 11 is 6.29. The number of fused-ring (bicyclic) bond motifs is 1. The molecule has 34 heavy (non-hydrogen) atoms. The largest absolute Gasteiger partial charge is 0.480 e. The molecule has 0 unspecified atom stereocenters. The number of carboxylic acids is 1. The highest BCUT2D eigenvalue weighted by Gasteiger charge is 2.39. The number of imide groups is 1. The van der Waals surface area contributed by atoms with Crippen LogP contribution in [0.1, 0.15) is 22.4 Å². The van der Waals surface area contributed by atoms with Crippen molar-refractivity contribution in [3.05, 3.63) is 68.7 Å². The number of hydrogen-bond acceptors (Lipinski definition) is 5. The van der Waals surface area contributed by atoms with E-state index >= 15 is 0 Å². The zero-order valence-corrected chi connectivity index (χ0v) is 18.9. The first-order valence-corrected chi connectivity index (χ1v) is 10.9. The maximum atomic E-state index is 13.7. The van der Waals surface area contributed by atoms with Gasteiger partial charge in [0.1, 0.15) is 6.54 Å². The Morgan fingerprint density at radius 1 is 1.21 bits per heavy atom. The summed E-state index contributed by atoms with van der Waals surface area (Å²) in [6, 6.07) is 8.26. The fourth-order valence-corrected chi connectivity index (χ4v) is 4.77. The lowest BCUT2D eigenvalue weighted by Gasteiger charge is -2.17. The van der Waals surface area contributed by atoms with Gasteiger partial charge in [-0.15, -0.1) is 0 Å². The zero-order chi connectivity index (χ0) is 24.8. The van der Waals surface area contributed by atoms with Crippen LogP contribution in [-0.2, 0) is 22.2 Å². The Labute approximate surface area is 199 Å². The SMILES string of the molecule is Cc1n[nH]c2ccc(/C(Cc3ccc(Cl)cc3C(F)(F)F)=C3\SC(=O)N(CC(=O)O)C3=O)cc12. The number of aromatic amines is 1. The Kier molecular flexibility index (Phi) is 6.17. The Morgan fingerprint density at radius 2 is 1.94 bits per heavy atom. The van der Waals surface area contributed by atoms with Gasteiger partial charge >= 0.3 is 12.1 Å². The quantitative estimate of drug-likeness (QED) is 0.454. The molecule has 0 spiro atoms. The Bertz CT molecular complexity index is 1380. The monoisotopic (exact) mass is 509 g/mol. The number of nitrogens with zero attached hydrogens (tertiary/aromatic N) is 2. The molecule has 3 aromatic rings. The fourth-order valence-electron chi connectivity index (χ4n) is 3.66. The summed E-state index contributed by atoms with van der Waals surface area (Å²) in [7, 11) is 0. The minimum absolute atomic E-state index is 0.102. The summed E-state index contributed by atoms with van der Waals surface area (Å²) in [5, 5.41) is 15.7. The van der Waals surface area contributed by atoms with Crippen LogP contribution in [0.5, 0.6) is 0 Å². The van der Waals surface area contributed by atoms with E-state index in [1.54, 1.807) is 25.1 Å². The highest BCUT2D eigenvalue weighted by atomic mass is 35.5. The number of benzene rings is 2. The zero-order valence-electron chi connectivity index (χ0n) is 17.4. The molecule has 4 rings (SSSR count). The first-order chi connectivity index (χ1) is 16.0. The molecule has 2 aromatic carbocycles. The van der Waals surface area contributed by atoms with Gasteiger partial charge in [-0.25, -0.2) is 0 Å². The molecule has 1 aromatic heterocycles. The number of allylic oxidation sites excluding steroid dienone is 1. The van der Waals surface area contributed by atoms with E-state index in [-0.39, 0.29) is 27.5 Å². The summed E-state index contributed by atoms with van der Waals surface area (Å²) in [5.41, 5.74) is 0.760. The Hall–Kier alpha value is -3.31. The van der Waals surface area contributed by atoms with Crippen molar-refractivity contribution < 1.29 is 32.7 Å². The smallest absolute Gasteiger partial charge is 0.416 e. The number of halogens is 4. The molecule has 0 atom stereocenters. The summed E-state index contributed by atoms with van der Waals surface area (Å²) < 4.78 is 41.2. The second-order valence-electron chi connectivity index (χ2n) is 7.51. The normalized spacial score (nSPS) is 16.0. The summed E-state index contributed by atoms with van der Waals surface area (Å²) in [6.07, 6.45) is -5.06. The van der Waals surface area contributed by atoms with Crippen molar-refractivity contribution in [3.8, 4) is 0 Å². The number of rotatable bonds is 5. The predicted octanol–water partition coefficient (Wildman–Crippen LogP) is 5.28. The van der Waals surface area contributed by atoms with Gasteiger partial charge < -0.3 is 5.11 Å². The van der Waals surface area contributed by atoms with E-state index in [1.807, 2.05) is 0 Å². The number of alkyl halides is 3. The average molecular weight is 510 g/mol. The number of hydrogen-bond donors (Lipinski definition) is 2. The van der Waals surface area contributed by atoms with Gasteiger partial charge in [-0.2, -0.15) is 18.3 Å². The molecular formula is C22H15ClF3N3O4S. The fraction of sp³-hybridized carbons (Fsp3) is 0.182. The summed E-state index contributed by atoms with van der Waals surface area (Å²) in [5.74, 6) is -2.27. The number of thioether (sulfide) groups is 1. The van der Waals surface area contributed by atoms with Gasteiger partial charge in [-0.05, 0) is 66.1 Å². The highest BCUT2D eigenvalue weighted by Crippen LogP contribution is 2.41. The first-order valence-electron chi connectivity index (χ1n) is 9.75. The van der Waals surface area contributed by atoms with Gasteiger partial charge in [0.25, 0.3) is 11.1 Å². The van der Waals surface area contributed by atoms with Crippen LogP contribution in [0.4, 0.5) is 18.0 Å². The maximum Gasteiger partial charge on any atom is 0.416 e. The van der Waals surface area contributed by atoms with Gasteiger partial charge in [-0.1, -0.05) is 23.7 Å². The van der Waals surface area contributed by atoms with E-state index in [4.69, 9.17) is 16.7 Å². The lowest BCUT2D eigenvalue weighted by atomic mass is 9.93. The molecule has 7 nitrogen and oxygen atoms in total. The molecule has 1 aliphatic heterocycles. The second-order valence-corrected chi connectivity index (χ2v) is 8.90. The van der Waals surface area contributed by atoms with E-state index in [0.29, 0.717) is 38.8 Å². The lowest BCUT2D eigenvalue weighted by molar-refractivity contribution is -0.140. The third-order valence-corrected chi connectivity index (χ3v) is 6.52. The minimum Gasteiger partial charge on any atom is -0.480 e. The minimum atomic E-state index is -4.71. The maximum absolute atomic E-state index is 13.7. The van der Waals surface area contributed by atoms with Crippen LogP contribution in [0.25, 0.3) is 16.5 Å². The molecule has 0 aliphatic carbocycles. The molecule has 12 heteroatoms. The van der Waals surface area contributed by atoms with Crippen LogP contribution in [0.15, 0.2) is 41.3 Å². The van der Waals surface area contributed by atoms with Crippen molar-refractivity contribution in [1.82, 2.24) is 15.1 Å². The van der Waals surface area contributed by atoms with Crippen molar-refractivity contribution in [3.63, 3.8) is 0 Å². The number of aryl methyl sites for hydroxylation is 1. The van der Waals surface area contributed by atoms with E-state index in [2.05, 4.69) is 10.2 Å². The van der Waals surface area contributed by atoms with E-state index in [1.165, 1.54) is 12.1 Å². The molecule has 2 amide bonds. The molecule has 2 heterocycles. The molecule has 1 saturated heterocycles. The number of carboxylic acid groups (broad SMARTS) is 1. The Balaban J connectivity index is 1.91. The van der Waals surface area contributed by atoms with Crippen LogP contribution in [0.3, 0.4) is 0 Å². The molecule has 176 valence electrons. The van der Waals surface area contributed by atoms with Crippen LogP contribution in [-0.4, -0.2) is 43.9 Å². The van der Waals surface area contributed by atoms with Crippen LogP contribution < -0.4 is 0 Å². The number of carbonyl (C=O) groups is 3. The van der Waals surface area contributed by atoms with Gasteiger partial charge in [0.05, 0.1) is 21.7 Å². The van der Waals surface area contributed by atoms with Gasteiger partial charge in [0, 0.05) is 10.4 Å². The molecule has 2 N–H and O–H groups in total. The number of amides is 2. The average Bonchev–Trinajstić information content (AvgIpc) is 3.26. The van der Waals surface area contributed by atoms with Gasteiger partial charge in [0.2, 0.25) is 0 Å². The second kappa shape index (κ2) is 8.80. The van der Waals surface area contributed by atoms with Crippen molar-refractivity contribution >= 4 is 57.0 Å². The Morgan fingerprint density at radius 3 is 2.62 bits per heavy atom. The van der Waals surface area contributed by atoms with E-state index in [0.717, 1.165) is 6.07 Å². The molecule has 0 bridgehead atoms. The number of nitrogens with one attached hydrogen (secondary N) is 1. The van der Waals surface area contributed by atoms with E-state index < -0.39 is 35.4 Å². The molecular weight excluding hydrogens is 495 g/mol. The van der Waals surface area contributed by atoms with Gasteiger partial charge in [-0.3, -0.25) is 24.4 Å². The van der Waals surface area contributed by atoms with Gasteiger partial charge in [0.15, 0.2) is 0 Å². The number of aliphatic carboxylic acids is 1. The third-order valence-electron chi connectivity index (χ3n) is 5.26. The van der Waals surface area contributed by atoms with E-state index in [9.17, 15) is 27.6 Å². The molecule has 1 aliphatic rings. The van der Waals surface area contributed by atoms with Crippen LogP contribution in [0, 0.1) is 6.92 Å². The van der Waals surface area contributed by atoms with Crippen molar-refractivity contribution in [2.24, 2.45) is 0 Å². The summed E-state index contributed by atoms with van der Waals surface area (Å²) in [6.45, 7) is 0.889. The molecule has 0 saturated carbocycles. The number of H-pyrrole nitrogens is 1. The van der Waals surface area contributed by atoms with Crippen LogP contribution in [0.2, 0.25) is 5.02 Å². The summed E-state index contributed by atoms with van der Waals surface area (Å²) in [4.78, 5) is 36.9. The van der Waals surface area contributed by atoms with Crippen molar-refractivity contribution in [2.75, 3.05) is 6.54 Å². The van der Waals surface area contributed by atoms with Crippen molar-refractivity contribution in [2.45, 2.75) is 19.5 Å². The molecule has 0 radical (unpaired) electrons. The number of aromatic nitrogens is 2.